The molecule has 1 aromatic rings. The molecule has 2 aliphatic rings. The first-order valence-electron chi connectivity index (χ1n) is 12.1. The Labute approximate surface area is 189 Å². The first-order chi connectivity index (χ1) is 14.7. The maximum Gasteiger partial charge on any atom is 0.180 e. The Hall–Kier alpha value is -1.43. The smallest absolute Gasteiger partial charge is 0.180 e. The van der Waals surface area contributed by atoms with Crippen molar-refractivity contribution in [2.45, 2.75) is 70.9 Å². The van der Waals surface area contributed by atoms with Crippen molar-refractivity contribution in [1.82, 2.24) is 9.80 Å². The lowest BCUT2D eigenvalue weighted by molar-refractivity contribution is 0.0763. The van der Waals surface area contributed by atoms with E-state index in [1.54, 1.807) is 7.11 Å². The number of carbonyl (C=O) groups excluding carboxylic acids is 1. The number of carbonyl (C=O) groups is 1. The van der Waals surface area contributed by atoms with E-state index in [0.717, 1.165) is 69.7 Å². The number of piperidine rings is 1. The zero-order valence-electron chi connectivity index (χ0n) is 20.5. The van der Waals surface area contributed by atoms with E-state index < -0.39 is 0 Å². The van der Waals surface area contributed by atoms with Gasteiger partial charge in [0.1, 0.15) is 0 Å². The SMILES string of the molecule is CCC(C)CN(C)C1CC(C)(C)c2cc(NC3CCN(CCOC)CC3)ccc2C1=O. The summed E-state index contributed by atoms with van der Waals surface area (Å²) in [4.78, 5) is 18.1. The van der Waals surface area contributed by atoms with Crippen molar-refractivity contribution in [3.8, 4) is 0 Å². The number of nitrogens with zero attached hydrogens (tertiary/aromatic N) is 2. The number of fused-ring (bicyclic) bond motifs is 1. The Morgan fingerprint density at radius 1 is 1.29 bits per heavy atom. The highest BCUT2D eigenvalue weighted by molar-refractivity contribution is 6.03. The average Bonchev–Trinajstić information content (AvgIpc) is 2.75. The highest BCUT2D eigenvalue weighted by Crippen LogP contribution is 2.40. The van der Waals surface area contributed by atoms with Crippen LogP contribution in [0.15, 0.2) is 18.2 Å². The van der Waals surface area contributed by atoms with Gasteiger partial charge in [0.2, 0.25) is 0 Å². The van der Waals surface area contributed by atoms with Crippen LogP contribution in [0.2, 0.25) is 0 Å². The number of rotatable bonds is 9. The van der Waals surface area contributed by atoms with Crippen LogP contribution in [0.25, 0.3) is 0 Å². The van der Waals surface area contributed by atoms with Gasteiger partial charge < -0.3 is 15.0 Å². The number of likely N-dealkylation sites (tertiary alicyclic amines) is 1. The Balaban J connectivity index is 1.68. The van der Waals surface area contributed by atoms with E-state index in [1.807, 2.05) is 0 Å². The lowest BCUT2D eigenvalue weighted by Gasteiger charge is -2.41. The normalized spacial score (nSPS) is 23.1. The quantitative estimate of drug-likeness (QED) is 0.630. The predicted molar refractivity (Wildman–Crippen MR) is 129 cm³/mol. The van der Waals surface area contributed by atoms with Gasteiger partial charge in [-0.15, -0.1) is 0 Å². The summed E-state index contributed by atoms with van der Waals surface area (Å²) in [5.74, 6) is 0.896. The molecular weight excluding hydrogens is 386 g/mol. The predicted octanol–water partition coefficient (Wildman–Crippen LogP) is 4.42. The van der Waals surface area contributed by atoms with Crippen molar-refractivity contribution in [3.63, 3.8) is 0 Å². The summed E-state index contributed by atoms with van der Waals surface area (Å²) in [6, 6.07) is 6.90. The fourth-order valence-electron chi connectivity index (χ4n) is 5.14. The monoisotopic (exact) mass is 429 g/mol. The van der Waals surface area contributed by atoms with E-state index in [-0.39, 0.29) is 17.2 Å². The molecule has 2 atom stereocenters. The van der Waals surface area contributed by atoms with Crippen molar-refractivity contribution in [1.29, 1.82) is 0 Å². The number of anilines is 1. The second kappa shape index (κ2) is 10.5. The molecule has 0 bridgehead atoms. The molecule has 0 amide bonds. The summed E-state index contributed by atoms with van der Waals surface area (Å²) in [7, 11) is 3.88. The Morgan fingerprint density at radius 3 is 2.65 bits per heavy atom. The van der Waals surface area contributed by atoms with Crippen LogP contribution in [0, 0.1) is 5.92 Å². The lowest BCUT2D eigenvalue weighted by atomic mass is 9.69. The minimum atomic E-state index is -0.0215. The van der Waals surface area contributed by atoms with Crippen molar-refractivity contribution in [2.24, 2.45) is 5.92 Å². The molecule has 1 N–H and O–H groups in total. The molecule has 1 fully saturated rings. The number of Topliss-reactive ketones (excluding diaryl/α,β-unsaturated/α-hetero) is 1. The molecule has 1 heterocycles. The molecule has 1 aliphatic carbocycles. The topological polar surface area (TPSA) is 44.8 Å². The molecule has 31 heavy (non-hydrogen) atoms. The minimum absolute atomic E-state index is 0.0151. The number of ether oxygens (including phenoxy) is 1. The zero-order valence-corrected chi connectivity index (χ0v) is 20.5. The summed E-state index contributed by atoms with van der Waals surface area (Å²) in [6.45, 7) is 14.1. The van der Waals surface area contributed by atoms with E-state index in [0.29, 0.717) is 12.0 Å². The first-order valence-corrected chi connectivity index (χ1v) is 12.1. The van der Waals surface area contributed by atoms with Gasteiger partial charge in [0.05, 0.1) is 12.6 Å². The molecule has 5 nitrogen and oxygen atoms in total. The summed E-state index contributed by atoms with van der Waals surface area (Å²) < 4.78 is 5.21. The van der Waals surface area contributed by atoms with Crippen molar-refractivity contribution in [2.75, 3.05) is 52.3 Å². The molecule has 0 aromatic heterocycles. The van der Waals surface area contributed by atoms with Crippen LogP contribution < -0.4 is 5.32 Å². The third-order valence-electron chi connectivity index (χ3n) is 7.42. The fraction of sp³-hybridized carbons (Fsp3) is 0.731. The number of benzene rings is 1. The molecule has 1 saturated heterocycles. The second-order valence-electron chi connectivity index (χ2n) is 10.4. The molecule has 0 radical (unpaired) electrons. The van der Waals surface area contributed by atoms with Crippen molar-refractivity contribution >= 4 is 11.5 Å². The van der Waals surface area contributed by atoms with Gasteiger partial charge in [0, 0.05) is 50.6 Å². The van der Waals surface area contributed by atoms with Gasteiger partial charge in [-0.3, -0.25) is 9.69 Å². The molecular formula is C26H43N3O2. The summed E-state index contributed by atoms with van der Waals surface area (Å²) in [6.07, 6.45) is 4.32. The highest BCUT2D eigenvalue weighted by atomic mass is 16.5. The standard InChI is InChI=1S/C26H43N3O2/c1-7-19(2)18-28(5)24-17-26(3,4)23-16-21(8-9-22(23)25(24)30)27-20-10-12-29(13-11-20)14-15-31-6/h8-9,16,19-20,24,27H,7,10-15,17-18H2,1-6H3. The molecule has 2 unspecified atom stereocenters. The molecule has 5 heteroatoms. The maximum absolute atomic E-state index is 13.4. The van der Waals surface area contributed by atoms with E-state index in [9.17, 15) is 4.79 Å². The molecule has 0 spiro atoms. The maximum atomic E-state index is 13.4. The lowest BCUT2D eigenvalue weighted by Crippen LogP contribution is -2.48. The Morgan fingerprint density at radius 2 is 2.00 bits per heavy atom. The Bertz CT molecular complexity index is 740. The summed E-state index contributed by atoms with van der Waals surface area (Å²) >= 11 is 0. The number of hydrogen-bond donors (Lipinski definition) is 1. The largest absolute Gasteiger partial charge is 0.383 e. The third kappa shape index (κ3) is 5.88. The van der Waals surface area contributed by atoms with Crippen LogP contribution in [-0.4, -0.2) is 74.6 Å². The Kier molecular flexibility index (Phi) is 8.17. The van der Waals surface area contributed by atoms with Gasteiger partial charge in [0.15, 0.2) is 5.78 Å². The molecule has 174 valence electrons. The number of likely N-dealkylation sites (N-methyl/N-ethyl adjacent to an activating group) is 1. The van der Waals surface area contributed by atoms with Crippen LogP contribution >= 0.6 is 0 Å². The van der Waals surface area contributed by atoms with E-state index in [2.05, 4.69) is 68.1 Å². The van der Waals surface area contributed by atoms with Crippen LogP contribution in [0.1, 0.15) is 69.3 Å². The van der Waals surface area contributed by atoms with Gasteiger partial charge in [-0.1, -0.05) is 34.1 Å². The van der Waals surface area contributed by atoms with Gasteiger partial charge in [-0.2, -0.15) is 0 Å². The molecule has 1 aromatic carbocycles. The van der Waals surface area contributed by atoms with E-state index >= 15 is 0 Å². The fourth-order valence-corrected chi connectivity index (χ4v) is 5.14. The first kappa shape index (κ1) is 24.2. The van der Waals surface area contributed by atoms with Crippen molar-refractivity contribution < 1.29 is 9.53 Å². The molecule has 3 rings (SSSR count). The third-order valence-corrected chi connectivity index (χ3v) is 7.42. The van der Waals surface area contributed by atoms with Crippen LogP contribution in [0.3, 0.4) is 0 Å². The second-order valence-corrected chi connectivity index (χ2v) is 10.4. The zero-order chi connectivity index (χ0) is 22.6. The minimum Gasteiger partial charge on any atom is -0.383 e. The van der Waals surface area contributed by atoms with Gasteiger partial charge >= 0.3 is 0 Å². The van der Waals surface area contributed by atoms with Gasteiger partial charge in [-0.05, 0) is 61.4 Å². The van der Waals surface area contributed by atoms with Gasteiger partial charge in [0.25, 0.3) is 0 Å². The molecule has 0 saturated carbocycles. The number of nitrogens with one attached hydrogen (secondary N) is 1. The van der Waals surface area contributed by atoms with Crippen LogP contribution in [-0.2, 0) is 10.2 Å². The summed E-state index contributed by atoms with van der Waals surface area (Å²) in [5, 5.41) is 3.75. The van der Waals surface area contributed by atoms with Crippen LogP contribution in [0.5, 0.6) is 0 Å². The van der Waals surface area contributed by atoms with Gasteiger partial charge in [-0.25, -0.2) is 0 Å². The number of methoxy groups -OCH3 is 1. The number of hydrogen-bond acceptors (Lipinski definition) is 5. The van der Waals surface area contributed by atoms with E-state index in [1.165, 1.54) is 5.56 Å². The summed E-state index contributed by atoms with van der Waals surface area (Å²) in [5.41, 5.74) is 3.26. The number of ketones is 1. The van der Waals surface area contributed by atoms with Crippen LogP contribution in [0.4, 0.5) is 5.69 Å². The molecule has 1 aliphatic heterocycles. The van der Waals surface area contributed by atoms with Crippen molar-refractivity contribution in [3.05, 3.63) is 29.3 Å². The average molecular weight is 430 g/mol. The highest BCUT2D eigenvalue weighted by Gasteiger charge is 2.40. The van der Waals surface area contributed by atoms with E-state index in [4.69, 9.17) is 4.74 Å².